The lowest BCUT2D eigenvalue weighted by Gasteiger charge is -2.22. The lowest BCUT2D eigenvalue weighted by atomic mass is 10.1. The van der Waals surface area contributed by atoms with E-state index in [4.69, 9.17) is 15.2 Å². The van der Waals surface area contributed by atoms with Crippen LogP contribution >= 0.6 is 0 Å². The topological polar surface area (TPSA) is 76.8 Å². The monoisotopic (exact) mass is 489 g/mol. The number of anilines is 4. The Hall–Kier alpha value is -4.97. The number of amides is 2. The number of para-hydroxylation sites is 4. The lowest BCUT2D eigenvalue weighted by molar-refractivity contribution is 0.256. The van der Waals surface area contributed by atoms with E-state index in [1.807, 2.05) is 78.9 Å². The Labute approximate surface area is 216 Å². The summed E-state index contributed by atoms with van der Waals surface area (Å²) in [7, 11) is 3.32. The van der Waals surface area contributed by atoms with Crippen LogP contribution in [0.25, 0.3) is 23.7 Å². The van der Waals surface area contributed by atoms with Gasteiger partial charge in [0.2, 0.25) is 0 Å². The number of urea groups is 1. The fourth-order valence-electron chi connectivity index (χ4n) is 4.52. The van der Waals surface area contributed by atoms with Crippen LogP contribution in [0.3, 0.4) is 0 Å². The Morgan fingerprint density at radius 1 is 0.649 bits per heavy atom. The van der Waals surface area contributed by atoms with Crippen molar-refractivity contribution in [3.8, 4) is 0 Å². The third-order valence-corrected chi connectivity index (χ3v) is 6.24. The van der Waals surface area contributed by atoms with Crippen molar-refractivity contribution >= 4 is 52.5 Å². The molecule has 0 saturated heterocycles. The average Bonchev–Trinajstić information content (AvgIpc) is 3.19. The number of primary amides is 1. The number of methoxy groups -OCH3 is 2. The molecule has 0 spiro atoms. The number of carbonyl (C=O) groups excluding carboxylic acids is 1. The van der Waals surface area contributed by atoms with Crippen LogP contribution in [0.15, 0.2) is 97.1 Å². The highest BCUT2D eigenvalue weighted by Crippen LogP contribution is 2.39. The molecule has 3 N–H and O–H groups in total. The van der Waals surface area contributed by atoms with Crippen molar-refractivity contribution in [3.05, 3.63) is 119 Å². The van der Waals surface area contributed by atoms with Gasteiger partial charge in [-0.3, -0.25) is 4.90 Å². The first kappa shape index (κ1) is 23.8. The van der Waals surface area contributed by atoms with Gasteiger partial charge in [-0.2, -0.15) is 0 Å². The first-order chi connectivity index (χ1) is 18.1. The van der Waals surface area contributed by atoms with Crippen molar-refractivity contribution in [3.63, 3.8) is 0 Å². The molecular formula is C31H27N3O3. The van der Waals surface area contributed by atoms with E-state index in [1.54, 1.807) is 14.2 Å². The van der Waals surface area contributed by atoms with Crippen molar-refractivity contribution in [2.24, 2.45) is 5.73 Å². The molecule has 2 amide bonds. The molecule has 4 aromatic carbocycles. The molecule has 0 radical (unpaired) electrons. The van der Waals surface area contributed by atoms with Crippen LogP contribution in [0.2, 0.25) is 0 Å². The number of ether oxygens (including phenoxy) is 2. The maximum Gasteiger partial charge on any atom is 0.323 e. The lowest BCUT2D eigenvalue weighted by Crippen LogP contribution is -2.32. The quantitative estimate of drug-likeness (QED) is 0.311. The first-order valence-electron chi connectivity index (χ1n) is 11.9. The number of hydrogen-bond donors (Lipinski definition) is 2. The van der Waals surface area contributed by atoms with Crippen LogP contribution in [-0.4, -0.2) is 20.3 Å². The Kier molecular flexibility index (Phi) is 6.64. The molecule has 6 heteroatoms. The Morgan fingerprint density at radius 2 is 1.16 bits per heavy atom. The molecule has 0 unspecified atom stereocenters. The van der Waals surface area contributed by atoms with Gasteiger partial charge in [0.05, 0.1) is 25.6 Å². The molecule has 37 heavy (non-hydrogen) atoms. The van der Waals surface area contributed by atoms with E-state index in [9.17, 15) is 4.79 Å². The zero-order valence-electron chi connectivity index (χ0n) is 20.6. The second-order valence-electron chi connectivity index (χ2n) is 8.43. The molecule has 0 aromatic heterocycles. The van der Waals surface area contributed by atoms with Crippen molar-refractivity contribution in [1.82, 2.24) is 0 Å². The summed E-state index contributed by atoms with van der Waals surface area (Å²) in [6.45, 7) is 0. The number of hydrogen-bond acceptors (Lipinski definition) is 4. The summed E-state index contributed by atoms with van der Waals surface area (Å²) in [5, 5.41) is 3.44. The molecule has 2 heterocycles. The van der Waals surface area contributed by atoms with Crippen LogP contribution in [0.1, 0.15) is 22.3 Å². The Bertz CT molecular complexity index is 1520. The number of rotatable bonds is 2. The number of benzene rings is 4. The van der Waals surface area contributed by atoms with Crippen LogP contribution in [0.5, 0.6) is 0 Å². The van der Waals surface area contributed by atoms with E-state index < -0.39 is 6.03 Å². The van der Waals surface area contributed by atoms with Gasteiger partial charge in [0, 0.05) is 33.6 Å². The highest BCUT2D eigenvalue weighted by Gasteiger charge is 2.25. The minimum absolute atomic E-state index is 0.518. The summed E-state index contributed by atoms with van der Waals surface area (Å²) < 4.78 is 10.9. The van der Waals surface area contributed by atoms with Gasteiger partial charge in [0.1, 0.15) is 11.5 Å². The van der Waals surface area contributed by atoms with Gasteiger partial charge in [0.25, 0.3) is 0 Å². The summed E-state index contributed by atoms with van der Waals surface area (Å²) >= 11 is 0. The smallest absolute Gasteiger partial charge is 0.323 e. The van der Waals surface area contributed by atoms with Gasteiger partial charge in [-0.05, 0) is 48.6 Å². The normalized spacial score (nSPS) is 12.8. The number of nitrogens with zero attached hydrogens (tertiary/aromatic N) is 1. The zero-order chi connectivity index (χ0) is 25.8. The third kappa shape index (κ3) is 4.65. The minimum Gasteiger partial charge on any atom is -0.496 e. The molecular weight excluding hydrogens is 462 g/mol. The minimum atomic E-state index is -0.518. The molecule has 0 fully saturated rings. The molecule has 0 atom stereocenters. The molecule has 2 aliphatic rings. The van der Waals surface area contributed by atoms with Crippen molar-refractivity contribution in [2.75, 3.05) is 24.4 Å². The maximum absolute atomic E-state index is 11.9. The summed E-state index contributed by atoms with van der Waals surface area (Å²) in [5.41, 5.74) is 13.2. The van der Waals surface area contributed by atoms with Crippen LogP contribution < -0.4 is 16.0 Å². The molecule has 6 nitrogen and oxygen atoms in total. The largest absolute Gasteiger partial charge is 0.496 e. The molecule has 2 aliphatic heterocycles. The number of nitrogens with one attached hydrogen (secondary N) is 1. The zero-order valence-corrected chi connectivity index (χ0v) is 20.6. The SMILES string of the molecule is COC1=Cc2ccccc2N(C(N)=O)c2ccccc21.COC1=Cc2ccccc2Nc2ccccc21. The summed E-state index contributed by atoms with van der Waals surface area (Å²) in [4.78, 5) is 13.4. The second-order valence-corrected chi connectivity index (χ2v) is 8.43. The third-order valence-electron chi connectivity index (χ3n) is 6.24. The fourth-order valence-corrected chi connectivity index (χ4v) is 4.52. The van der Waals surface area contributed by atoms with E-state index in [-0.39, 0.29) is 0 Å². The molecule has 0 aliphatic carbocycles. The molecule has 0 saturated carbocycles. The molecule has 184 valence electrons. The van der Waals surface area contributed by atoms with Crippen LogP contribution in [0, 0.1) is 0 Å². The standard InChI is InChI=1S/C16H14N2O2.C15H13NO/c1-20-15-10-11-6-2-4-8-13(11)18(16(17)19)14-9-5-3-7-12(14)15;1-17-15-10-11-6-2-4-8-13(11)16-14-9-5-3-7-12(14)15/h2-10H,1H3,(H2,17,19);2-10,16H,1H3. The first-order valence-corrected chi connectivity index (χ1v) is 11.9. The maximum atomic E-state index is 11.9. The van der Waals surface area contributed by atoms with Crippen LogP contribution in [-0.2, 0) is 9.47 Å². The molecule has 4 aromatic rings. The fraction of sp³-hybridized carbons (Fsp3) is 0.0645. The second kappa shape index (κ2) is 10.3. The van der Waals surface area contributed by atoms with Gasteiger partial charge < -0.3 is 20.5 Å². The summed E-state index contributed by atoms with van der Waals surface area (Å²) in [5.74, 6) is 1.59. The summed E-state index contributed by atoms with van der Waals surface area (Å²) in [6, 6.07) is 31.0. The van der Waals surface area contributed by atoms with E-state index in [2.05, 4.69) is 35.7 Å². The van der Waals surface area contributed by atoms with Gasteiger partial charge in [-0.1, -0.05) is 60.7 Å². The van der Waals surface area contributed by atoms with Crippen LogP contribution in [0.4, 0.5) is 27.5 Å². The highest BCUT2D eigenvalue weighted by molar-refractivity contribution is 6.06. The Balaban J connectivity index is 0.000000153. The van der Waals surface area contributed by atoms with Gasteiger partial charge >= 0.3 is 6.03 Å². The number of nitrogens with two attached hydrogens (primary N) is 1. The van der Waals surface area contributed by atoms with Crippen molar-refractivity contribution in [2.45, 2.75) is 0 Å². The van der Waals surface area contributed by atoms with Gasteiger partial charge in [-0.15, -0.1) is 0 Å². The van der Waals surface area contributed by atoms with E-state index in [0.717, 1.165) is 50.8 Å². The van der Waals surface area contributed by atoms with Gasteiger partial charge in [-0.25, -0.2) is 4.79 Å². The highest BCUT2D eigenvalue weighted by atomic mass is 16.5. The average molecular weight is 490 g/mol. The predicted octanol–water partition coefficient (Wildman–Crippen LogP) is 7.25. The van der Waals surface area contributed by atoms with E-state index in [0.29, 0.717) is 5.76 Å². The molecule has 0 bridgehead atoms. The van der Waals surface area contributed by atoms with E-state index >= 15 is 0 Å². The van der Waals surface area contributed by atoms with E-state index in [1.165, 1.54) is 4.90 Å². The Morgan fingerprint density at radius 3 is 1.86 bits per heavy atom. The predicted molar refractivity (Wildman–Crippen MR) is 151 cm³/mol. The molecule has 6 rings (SSSR count). The van der Waals surface area contributed by atoms with Gasteiger partial charge in [0.15, 0.2) is 0 Å². The van der Waals surface area contributed by atoms with Crippen molar-refractivity contribution in [1.29, 1.82) is 0 Å². The number of carbonyl (C=O) groups is 1. The number of fused-ring (bicyclic) bond motifs is 4. The van der Waals surface area contributed by atoms with Crippen molar-refractivity contribution < 1.29 is 14.3 Å². The summed E-state index contributed by atoms with van der Waals surface area (Å²) in [6.07, 6.45) is 3.98.